The Balaban J connectivity index is 2.82. The molecular formula is C21H26O3S. The first-order valence-corrected chi connectivity index (χ1v) is 9.06. The first-order valence-electron chi connectivity index (χ1n) is 8.25. The summed E-state index contributed by atoms with van der Waals surface area (Å²) in [6.45, 7) is 11.7. The number of allylic oxidation sites excluding steroid dienone is 6. The summed E-state index contributed by atoms with van der Waals surface area (Å²) in [5.41, 5.74) is 4.07. The summed E-state index contributed by atoms with van der Waals surface area (Å²) in [4.78, 5) is 24.9. The van der Waals surface area contributed by atoms with Crippen LogP contribution in [0.25, 0.3) is 6.08 Å². The fourth-order valence-corrected chi connectivity index (χ4v) is 3.33. The van der Waals surface area contributed by atoms with Gasteiger partial charge in [0.1, 0.15) is 0 Å². The van der Waals surface area contributed by atoms with Crippen LogP contribution in [0.1, 0.15) is 53.4 Å². The lowest BCUT2D eigenvalue weighted by Crippen LogP contribution is -1.99. The van der Waals surface area contributed by atoms with Gasteiger partial charge in [0.25, 0.3) is 0 Å². The van der Waals surface area contributed by atoms with Crippen LogP contribution >= 0.6 is 11.3 Å². The third kappa shape index (κ3) is 6.67. The lowest BCUT2D eigenvalue weighted by Gasteiger charge is -1.97. The summed E-state index contributed by atoms with van der Waals surface area (Å²) < 4.78 is 4.87. The van der Waals surface area contributed by atoms with Gasteiger partial charge in [-0.2, -0.15) is 0 Å². The van der Waals surface area contributed by atoms with Gasteiger partial charge in [0.2, 0.25) is 0 Å². The number of ketones is 1. The van der Waals surface area contributed by atoms with Crippen LogP contribution in [0.5, 0.6) is 0 Å². The van der Waals surface area contributed by atoms with Crippen LogP contribution in [0.15, 0.2) is 41.5 Å². The minimum Gasteiger partial charge on any atom is -0.463 e. The number of hydrogen-bond donors (Lipinski definition) is 0. The van der Waals surface area contributed by atoms with E-state index in [1.165, 1.54) is 6.08 Å². The molecule has 134 valence electrons. The highest BCUT2D eigenvalue weighted by atomic mass is 32.1. The van der Waals surface area contributed by atoms with Crippen LogP contribution in [-0.4, -0.2) is 18.4 Å². The summed E-state index contributed by atoms with van der Waals surface area (Å²) in [6.07, 6.45) is 11.3. The minimum atomic E-state index is -0.324. The van der Waals surface area contributed by atoms with E-state index >= 15 is 0 Å². The third-order valence-electron chi connectivity index (χ3n) is 3.56. The first-order chi connectivity index (χ1) is 11.8. The topological polar surface area (TPSA) is 43.4 Å². The Kier molecular flexibility index (Phi) is 8.29. The van der Waals surface area contributed by atoms with Gasteiger partial charge < -0.3 is 4.74 Å². The molecule has 1 aromatic heterocycles. The zero-order chi connectivity index (χ0) is 19.0. The van der Waals surface area contributed by atoms with Gasteiger partial charge in [-0.05, 0) is 58.2 Å². The van der Waals surface area contributed by atoms with Crippen molar-refractivity contribution in [1.82, 2.24) is 0 Å². The van der Waals surface area contributed by atoms with Crippen molar-refractivity contribution in [3.63, 3.8) is 0 Å². The minimum absolute atomic E-state index is 0.115. The fourth-order valence-electron chi connectivity index (χ4n) is 2.29. The van der Waals surface area contributed by atoms with E-state index in [1.807, 2.05) is 52.0 Å². The van der Waals surface area contributed by atoms with E-state index in [0.29, 0.717) is 6.61 Å². The zero-order valence-electron chi connectivity index (χ0n) is 15.8. The molecule has 1 rings (SSSR count). The third-order valence-corrected chi connectivity index (χ3v) is 4.89. The predicted molar refractivity (Wildman–Crippen MR) is 106 cm³/mol. The van der Waals surface area contributed by atoms with E-state index in [2.05, 4.69) is 6.08 Å². The molecule has 0 aliphatic rings. The Bertz CT molecular complexity index is 758. The molecule has 0 fully saturated rings. The van der Waals surface area contributed by atoms with Gasteiger partial charge in [-0.1, -0.05) is 36.0 Å². The van der Waals surface area contributed by atoms with Gasteiger partial charge >= 0.3 is 5.97 Å². The second-order valence-electron chi connectivity index (χ2n) is 5.83. The standard InChI is InChI=1S/C21H26O3S/c1-7-24-20(23)13-15(3)10-8-9-14(2)11-12-19-16(4)21(17(5)22)25-18(19)6/h8-13H,7H2,1-6H3/b10-8+,12-11+,14-9+,15-13+. The molecule has 4 heteroatoms. The highest BCUT2D eigenvalue weighted by Crippen LogP contribution is 2.29. The smallest absolute Gasteiger partial charge is 0.330 e. The summed E-state index contributed by atoms with van der Waals surface area (Å²) in [6, 6.07) is 0. The van der Waals surface area contributed by atoms with Gasteiger partial charge in [-0.25, -0.2) is 4.79 Å². The SMILES string of the molecule is CCOC(=O)/C=C(C)/C=C/C=C(C)/C=C/c1c(C)sc(C(C)=O)c1C. The van der Waals surface area contributed by atoms with E-state index in [4.69, 9.17) is 4.74 Å². The number of hydrogen-bond acceptors (Lipinski definition) is 4. The zero-order valence-corrected chi connectivity index (χ0v) is 16.6. The maximum Gasteiger partial charge on any atom is 0.330 e. The van der Waals surface area contributed by atoms with Crippen molar-refractivity contribution in [1.29, 1.82) is 0 Å². The average Bonchev–Trinajstić information content (AvgIpc) is 2.80. The molecule has 0 spiro atoms. The molecule has 0 aliphatic carbocycles. The summed E-state index contributed by atoms with van der Waals surface area (Å²) >= 11 is 1.55. The quantitative estimate of drug-likeness (QED) is 0.276. The molecule has 3 nitrogen and oxygen atoms in total. The maximum atomic E-state index is 11.6. The molecule has 0 aliphatic heterocycles. The number of esters is 1. The van der Waals surface area contributed by atoms with Crippen LogP contribution < -0.4 is 0 Å². The molecule has 1 aromatic rings. The molecule has 1 heterocycles. The van der Waals surface area contributed by atoms with Crippen molar-refractivity contribution < 1.29 is 14.3 Å². The van der Waals surface area contributed by atoms with Crippen LogP contribution in [0, 0.1) is 13.8 Å². The molecule has 0 aromatic carbocycles. The summed E-state index contributed by atoms with van der Waals surface area (Å²) in [5, 5.41) is 0. The molecular weight excluding hydrogens is 332 g/mol. The predicted octanol–water partition coefficient (Wildman–Crippen LogP) is 5.59. The molecule has 0 radical (unpaired) electrons. The van der Waals surface area contributed by atoms with Crippen molar-refractivity contribution in [3.05, 3.63) is 62.4 Å². The largest absolute Gasteiger partial charge is 0.463 e. The fraction of sp³-hybridized carbons (Fsp3) is 0.333. The molecule has 25 heavy (non-hydrogen) atoms. The molecule has 0 atom stereocenters. The Labute approximate surface area is 154 Å². The second-order valence-corrected chi connectivity index (χ2v) is 7.05. The van der Waals surface area contributed by atoms with Gasteiger partial charge in [-0.3, -0.25) is 4.79 Å². The highest BCUT2D eigenvalue weighted by Gasteiger charge is 2.12. The normalized spacial score (nSPS) is 13.0. The molecule has 0 N–H and O–H groups in total. The number of carbonyl (C=O) groups excluding carboxylic acids is 2. The number of Topliss-reactive ketones (excluding diaryl/α,β-unsaturated/α-hetero) is 1. The van der Waals surface area contributed by atoms with E-state index in [0.717, 1.165) is 32.0 Å². The number of thiophene rings is 1. The van der Waals surface area contributed by atoms with Gasteiger partial charge in [0.15, 0.2) is 5.78 Å². The van der Waals surface area contributed by atoms with Gasteiger partial charge in [0, 0.05) is 11.0 Å². The molecule has 0 saturated heterocycles. The number of rotatable bonds is 7. The van der Waals surface area contributed by atoms with Crippen LogP contribution in [0.4, 0.5) is 0 Å². The highest BCUT2D eigenvalue weighted by molar-refractivity contribution is 7.14. The average molecular weight is 359 g/mol. The Hall–Kier alpha value is -2.20. The molecule has 0 bridgehead atoms. The summed E-state index contributed by atoms with van der Waals surface area (Å²) in [5.74, 6) is -0.209. The molecule has 0 amide bonds. The number of aryl methyl sites for hydroxylation is 1. The van der Waals surface area contributed by atoms with Crippen molar-refractivity contribution in [2.24, 2.45) is 0 Å². The van der Waals surface area contributed by atoms with E-state index in [9.17, 15) is 9.59 Å². The monoisotopic (exact) mass is 358 g/mol. The lowest BCUT2D eigenvalue weighted by molar-refractivity contribution is -0.137. The van der Waals surface area contributed by atoms with Crippen LogP contribution in [0.3, 0.4) is 0 Å². The number of ether oxygens (including phenoxy) is 1. The second kappa shape index (κ2) is 9.94. The Morgan fingerprint density at radius 1 is 1.08 bits per heavy atom. The Morgan fingerprint density at radius 3 is 2.32 bits per heavy atom. The van der Waals surface area contributed by atoms with Crippen LogP contribution in [0.2, 0.25) is 0 Å². The van der Waals surface area contributed by atoms with Crippen molar-refractivity contribution >= 4 is 29.2 Å². The van der Waals surface area contributed by atoms with Crippen LogP contribution in [-0.2, 0) is 9.53 Å². The van der Waals surface area contributed by atoms with Crippen molar-refractivity contribution in [3.8, 4) is 0 Å². The first kappa shape index (κ1) is 20.8. The van der Waals surface area contributed by atoms with Crippen molar-refractivity contribution in [2.45, 2.75) is 41.5 Å². The van der Waals surface area contributed by atoms with E-state index in [1.54, 1.807) is 25.2 Å². The van der Waals surface area contributed by atoms with Crippen molar-refractivity contribution in [2.75, 3.05) is 6.61 Å². The summed E-state index contributed by atoms with van der Waals surface area (Å²) in [7, 11) is 0. The van der Waals surface area contributed by atoms with E-state index < -0.39 is 0 Å². The lowest BCUT2D eigenvalue weighted by atomic mass is 10.1. The Morgan fingerprint density at radius 2 is 1.76 bits per heavy atom. The van der Waals surface area contributed by atoms with Gasteiger partial charge in [0.05, 0.1) is 11.5 Å². The maximum absolute atomic E-state index is 11.6. The van der Waals surface area contributed by atoms with Gasteiger partial charge in [-0.15, -0.1) is 11.3 Å². The number of carbonyl (C=O) groups is 2. The molecule has 0 unspecified atom stereocenters. The molecule has 0 saturated carbocycles. The van der Waals surface area contributed by atoms with E-state index in [-0.39, 0.29) is 11.8 Å².